The Balaban J connectivity index is 2.28. The molecule has 3 nitrogen and oxygen atoms in total. The van der Waals surface area contributed by atoms with Gasteiger partial charge in [-0.25, -0.2) is 0 Å². The molecular weight excluding hydrogens is 198 g/mol. The number of hydrogen-bond acceptors (Lipinski definition) is 2. The van der Waals surface area contributed by atoms with Gasteiger partial charge in [0.25, 0.3) is 0 Å². The summed E-state index contributed by atoms with van der Waals surface area (Å²) < 4.78 is 1.92. The van der Waals surface area contributed by atoms with Crippen molar-refractivity contribution in [1.82, 2.24) is 14.8 Å². The minimum absolute atomic E-state index is 0.411. The highest BCUT2D eigenvalue weighted by Gasteiger charge is 2.08. The van der Waals surface area contributed by atoms with Crippen molar-refractivity contribution in [2.24, 2.45) is 0 Å². The highest BCUT2D eigenvalue weighted by Crippen LogP contribution is 2.18. The molecule has 1 aromatic heterocycles. The van der Waals surface area contributed by atoms with E-state index in [2.05, 4.69) is 24.0 Å². The van der Waals surface area contributed by atoms with Crippen LogP contribution in [0.25, 0.3) is 0 Å². The van der Waals surface area contributed by atoms with E-state index in [0.717, 1.165) is 6.42 Å². The molecule has 1 heterocycles. The van der Waals surface area contributed by atoms with Crippen LogP contribution in [-0.2, 0) is 0 Å². The maximum atomic E-state index is 5.86. The molecule has 1 unspecified atom stereocenters. The van der Waals surface area contributed by atoms with E-state index in [-0.39, 0.29) is 0 Å². The molecule has 80 valence electrons. The van der Waals surface area contributed by atoms with Crippen molar-refractivity contribution in [3.05, 3.63) is 11.6 Å². The molecule has 1 atom stereocenters. The Kier molecular flexibility index (Phi) is 4.94. The van der Waals surface area contributed by atoms with Gasteiger partial charge in [-0.2, -0.15) is 0 Å². The summed E-state index contributed by atoms with van der Waals surface area (Å²) in [6.45, 7) is 4.38. The fourth-order valence-electron chi connectivity index (χ4n) is 1.53. The maximum absolute atomic E-state index is 5.86. The molecule has 0 saturated heterocycles. The van der Waals surface area contributed by atoms with Crippen molar-refractivity contribution >= 4 is 11.6 Å². The van der Waals surface area contributed by atoms with Crippen molar-refractivity contribution in [2.75, 3.05) is 0 Å². The van der Waals surface area contributed by atoms with Gasteiger partial charge in [0.15, 0.2) is 0 Å². The van der Waals surface area contributed by atoms with Crippen molar-refractivity contribution in [2.45, 2.75) is 52.0 Å². The van der Waals surface area contributed by atoms with E-state index < -0.39 is 0 Å². The Labute approximate surface area is 90.5 Å². The molecule has 0 amide bonds. The summed E-state index contributed by atoms with van der Waals surface area (Å²) in [4.78, 5) is 0. The standard InChI is InChI=1S/C10H18ClN3/c1-3-4-5-6-7-9(2)14-8-12-13-10(14)11/h8-9H,3-7H2,1-2H3. The molecule has 1 rings (SSSR count). The number of hydrogen-bond donors (Lipinski definition) is 0. The van der Waals surface area contributed by atoms with Gasteiger partial charge in [0.1, 0.15) is 6.33 Å². The molecule has 0 bridgehead atoms. The smallest absolute Gasteiger partial charge is 0.225 e. The SMILES string of the molecule is CCCCCCC(C)n1cnnc1Cl. The van der Waals surface area contributed by atoms with E-state index in [1.165, 1.54) is 25.7 Å². The number of unbranched alkanes of at least 4 members (excludes halogenated alkanes) is 3. The third-order valence-corrected chi connectivity index (χ3v) is 2.75. The van der Waals surface area contributed by atoms with Gasteiger partial charge in [-0.3, -0.25) is 0 Å². The molecule has 0 saturated carbocycles. The maximum Gasteiger partial charge on any atom is 0.225 e. The number of halogens is 1. The van der Waals surface area contributed by atoms with Gasteiger partial charge in [-0.15, -0.1) is 10.2 Å². The van der Waals surface area contributed by atoms with Gasteiger partial charge in [-0.1, -0.05) is 32.6 Å². The number of aromatic nitrogens is 3. The van der Waals surface area contributed by atoms with Crippen molar-refractivity contribution < 1.29 is 0 Å². The molecule has 4 heteroatoms. The van der Waals surface area contributed by atoms with Crippen LogP contribution in [0.5, 0.6) is 0 Å². The lowest BCUT2D eigenvalue weighted by atomic mass is 10.1. The van der Waals surface area contributed by atoms with Crippen LogP contribution >= 0.6 is 11.6 Å². The van der Waals surface area contributed by atoms with E-state index in [1.54, 1.807) is 6.33 Å². The summed E-state index contributed by atoms with van der Waals surface area (Å²) in [5, 5.41) is 8.02. The normalized spacial score (nSPS) is 13.1. The van der Waals surface area contributed by atoms with Crippen LogP contribution in [0.4, 0.5) is 0 Å². The Bertz CT molecular complexity index is 260. The molecule has 0 fully saturated rings. The zero-order chi connectivity index (χ0) is 10.4. The van der Waals surface area contributed by atoms with E-state index in [1.807, 2.05) is 4.57 Å². The summed E-state index contributed by atoms with van der Waals surface area (Å²) in [5.74, 6) is 0. The minimum Gasteiger partial charge on any atom is -0.302 e. The zero-order valence-electron chi connectivity index (χ0n) is 8.91. The first-order valence-corrected chi connectivity index (χ1v) is 5.68. The Morgan fingerprint density at radius 2 is 2.21 bits per heavy atom. The molecule has 14 heavy (non-hydrogen) atoms. The lowest BCUT2D eigenvalue weighted by Crippen LogP contribution is -2.03. The van der Waals surface area contributed by atoms with Gasteiger partial charge in [-0.05, 0) is 24.9 Å². The summed E-state index contributed by atoms with van der Waals surface area (Å²) >= 11 is 5.86. The van der Waals surface area contributed by atoms with E-state index in [4.69, 9.17) is 11.6 Å². The van der Waals surface area contributed by atoms with Crippen molar-refractivity contribution in [3.63, 3.8) is 0 Å². The third kappa shape index (κ3) is 3.29. The first-order chi connectivity index (χ1) is 6.75. The van der Waals surface area contributed by atoms with E-state index in [9.17, 15) is 0 Å². The fourth-order valence-corrected chi connectivity index (χ4v) is 1.78. The first kappa shape index (κ1) is 11.5. The van der Waals surface area contributed by atoms with Gasteiger partial charge < -0.3 is 4.57 Å². The molecule has 0 aliphatic rings. The quantitative estimate of drug-likeness (QED) is 0.681. The van der Waals surface area contributed by atoms with Gasteiger partial charge in [0.2, 0.25) is 5.28 Å². The minimum atomic E-state index is 0.411. The van der Waals surface area contributed by atoms with Crippen LogP contribution in [0.3, 0.4) is 0 Å². The third-order valence-electron chi connectivity index (χ3n) is 2.48. The second kappa shape index (κ2) is 6.02. The highest BCUT2D eigenvalue weighted by molar-refractivity contribution is 6.28. The summed E-state index contributed by atoms with van der Waals surface area (Å²) in [7, 11) is 0. The zero-order valence-corrected chi connectivity index (χ0v) is 9.67. The first-order valence-electron chi connectivity index (χ1n) is 5.30. The van der Waals surface area contributed by atoms with Crippen LogP contribution < -0.4 is 0 Å². The van der Waals surface area contributed by atoms with Gasteiger partial charge in [0.05, 0.1) is 0 Å². The van der Waals surface area contributed by atoms with Crippen LogP contribution in [0.2, 0.25) is 5.28 Å². The average molecular weight is 216 g/mol. The summed E-state index contributed by atoms with van der Waals surface area (Å²) in [6.07, 6.45) is 8.01. The topological polar surface area (TPSA) is 30.7 Å². The van der Waals surface area contributed by atoms with E-state index in [0.29, 0.717) is 11.3 Å². The molecule has 0 aliphatic heterocycles. The average Bonchev–Trinajstić information content (AvgIpc) is 2.59. The Hall–Kier alpha value is -0.570. The fraction of sp³-hybridized carbons (Fsp3) is 0.800. The number of nitrogens with zero attached hydrogens (tertiary/aromatic N) is 3. The highest BCUT2D eigenvalue weighted by atomic mass is 35.5. The van der Waals surface area contributed by atoms with Crippen LogP contribution in [-0.4, -0.2) is 14.8 Å². The second-order valence-electron chi connectivity index (χ2n) is 3.71. The molecule has 1 aromatic rings. The molecule has 0 N–H and O–H groups in total. The largest absolute Gasteiger partial charge is 0.302 e. The molecular formula is C10H18ClN3. The lowest BCUT2D eigenvalue weighted by Gasteiger charge is -2.12. The van der Waals surface area contributed by atoms with Crippen molar-refractivity contribution in [3.8, 4) is 0 Å². The molecule has 0 aliphatic carbocycles. The lowest BCUT2D eigenvalue weighted by molar-refractivity contribution is 0.471. The molecule has 0 spiro atoms. The van der Waals surface area contributed by atoms with Crippen LogP contribution in [0, 0.1) is 0 Å². The predicted octanol–water partition coefficient (Wildman–Crippen LogP) is 3.46. The summed E-state index contributed by atoms with van der Waals surface area (Å²) in [6, 6.07) is 0.411. The number of rotatable bonds is 6. The molecule has 0 aromatic carbocycles. The monoisotopic (exact) mass is 215 g/mol. The summed E-state index contributed by atoms with van der Waals surface area (Å²) in [5.41, 5.74) is 0. The molecule has 0 radical (unpaired) electrons. The van der Waals surface area contributed by atoms with Crippen LogP contribution in [0.15, 0.2) is 6.33 Å². The Morgan fingerprint density at radius 3 is 2.79 bits per heavy atom. The van der Waals surface area contributed by atoms with Crippen molar-refractivity contribution in [1.29, 1.82) is 0 Å². The van der Waals surface area contributed by atoms with E-state index >= 15 is 0 Å². The Morgan fingerprint density at radius 1 is 1.43 bits per heavy atom. The second-order valence-corrected chi connectivity index (χ2v) is 4.04. The van der Waals surface area contributed by atoms with Crippen LogP contribution in [0.1, 0.15) is 52.0 Å². The van der Waals surface area contributed by atoms with Gasteiger partial charge >= 0.3 is 0 Å². The van der Waals surface area contributed by atoms with Gasteiger partial charge in [0, 0.05) is 6.04 Å². The predicted molar refractivity (Wildman–Crippen MR) is 58.5 cm³/mol.